The van der Waals surface area contributed by atoms with E-state index in [2.05, 4.69) is 30.9 Å². The smallest absolute Gasteiger partial charge is 0.326 e. The molecule has 15 heteroatoms. The van der Waals surface area contributed by atoms with Crippen molar-refractivity contribution in [3.63, 3.8) is 0 Å². The maximum Gasteiger partial charge on any atom is 0.326 e. The molecular formula is C20H35N9O6. The van der Waals surface area contributed by atoms with Crippen molar-refractivity contribution < 1.29 is 29.4 Å². The van der Waals surface area contributed by atoms with Gasteiger partial charge in [0.05, 0.1) is 12.9 Å². The van der Waals surface area contributed by atoms with Gasteiger partial charge in [0.15, 0.2) is 5.96 Å². The predicted octanol–water partition coefficient (Wildman–Crippen LogP) is -3.48. The lowest BCUT2D eigenvalue weighted by Gasteiger charge is -2.26. The number of carboxylic acids is 1. The molecule has 0 saturated heterocycles. The van der Waals surface area contributed by atoms with Crippen LogP contribution >= 0.6 is 0 Å². The van der Waals surface area contributed by atoms with E-state index in [1.54, 1.807) is 13.8 Å². The maximum atomic E-state index is 13.0. The molecule has 1 aromatic rings. The van der Waals surface area contributed by atoms with Gasteiger partial charge >= 0.3 is 5.97 Å². The van der Waals surface area contributed by atoms with Crippen molar-refractivity contribution in [3.8, 4) is 0 Å². The molecule has 0 aliphatic heterocycles. The molecule has 4 unspecified atom stereocenters. The molecule has 0 fully saturated rings. The van der Waals surface area contributed by atoms with Gasteiger partial charge in [-0.2, -0.15) is 0 Å². The summed E-state index contributed by atoms with van der Waals surface area (Å²) in [5.74, 6) is -3.95. The predicted molar refractivity (Wildman–Crippen MR) is 126 cm³/mol. The minimum atomic E-state index is -1.29. The van der Waals surface area contributed by atoms with Gasteiger partial charge in [-0.25, -0.2) is 9.78 Å². The summed E-state index contributed by atoms with van der Waals surface area (Å²) < 4.78 is 0. The number of aromatic nitrogens is 2. The summed E-state index contributed by atoms with van der Waals surface area (Å²) in [6.07, 6.45) is 3.14. The molecule has 1 aromatic heterocycles. The highest BCUT2D eigenvalue weighted by Gasteiger charge is 2.31. The Hall–Kier alpha value is -3.72. The molecule has 0 aliphatic carbocycles. The number of H-pyrrole nitrogens is 1. The Bertz CT molecular complexity index is 870. The van der Waals surface area contributed by atoms with E-state index in [4.69, 9.17) is 22.3 Å². The summed E-state index contributed by atoms with van der Waals surface area (Å²) in [5.41, 5.74) is 16.6. The van der Waals surface area contributed by atoms with Crippen LogP contribution in [-0.2, 0) is 25.6 Å². The summed E-state index contributed by atoms with van der Waals surface area (Å²) in [5, 5.41) is 26.0. The van der Waals surface area contributed by atoms with Crippen LogP contribution in [0.4, 0.5) is 0 Å². The Morgan fingerprint density at radius 3 is 2.26 bits per heavy atom. The van der Waals surface area contributed by atoms with Gasteiger partial charge in [-0.1, -0.05) is 13.8 Å². The third kappa shape index (κ3) is 10.4. The quantitative estimate of drug-likeness (QED) is 0.0656. The lowest BCUT2D eigenvalue weighted by atomic mass is 10.0. The number of nitrogens with two attached hydrogens (primary N) is 3. The Balaban J connectivity index is 3.00. The molecule has 0 saturated carbocycles. The first-order valence-corrected chi connectivity index (χ1v) is 11.0. The number of carbonyl (C=O) groups is 4. The van der Waals surface area contributed by atoms with E-state index in [1.807, 2.05) is 0 Å². The van der Waals surface area contributed by atoms with Crippen molar-refractivity contribution in [2.75, 3.05) is 13.2 Å². The van der Waals surface area contributed by atoms with Crippen molar-refractivity contribution >= 4 is 29.7 Å². The lowest BCUT2D eigenvalue weighted by molar-refractivity contribution is -0.142. The number of carbonyl (C=O) groups excluding carboxylic acids is 3. The van der Waals surface area contributed by atoms with Crippen LogP contribution in [0.2, 0.25) is 0 Å². The maximum absolute atomic E-state index is 13.0. The number of aliphatic imine (C=N–C) groups is 1. The highest BCUT2D eigenvalue weighted by atomic mass is 16.4. The number of aliphatic hydroxyl groups is 1. The number of nitrogens with one attached hydrogen (secondary N) is 4. The fourth-order valence-corrected chi connectivity index (χ4v) is 3.00. The minimum absolute atomic E-state index is 0.0561. The normalized spacial score (nSPS) is 14.3. The summed E-state index contributed by atoms with van der Waals surface area (Å²) in [7, 11) is 0. The second-order valence-electron chi connectivity index (χ2n) is 8.21. The van der Waals surface area contributed by atoms with Gasteiger partial charge in [0.1, 0.15) is 24.2 Å². The summed E-state index contributed by atoms with van der Waals surface area (Å²) in [6, 6.07) is -4.72. The Labute approximate surface area is 202 Å². The summed E-state index contributed by atoms with van der Waals surface area (Å²) in [4.78, 5) is 60.1. The SMILES string of the molecule is CC(C)C(NC(=O)C(N)CO)C(=O)NC(CCCN=C(N)N)C(=O)NC(Cc1cnc[nH]1)C(=O)O. The highest BCUT2D eigenvalue weighted by Crippen LogP contribution is 2.07. The van der Waals surface area contributed by atoms with Crippen molar-refractivity contribution in [2.45, 2.75) is 57.3 Å². The van der Waals surface area contributed by atoms with Gasteiger partial charge in [0, 0.05) is 24.9 Å². The van der Waals surface area contributed by atoms with Gasteiger partial charge in [-0.3, -0.25) is 19.4 Å². The highest BCUT2D eigenvalue weighted by molar-refractivity contribution is 5.94. The number of imidazole rings is 1. The fourth-order valence-electron chi connectivity index (χ4n) is 3.00. The number of aromatic amines is 1. The molecule has 0 bridgehead atoms. The molecule has 35 heavy (non-hydrogen) atoms. The van der Waals surface area contributed by atoms with Crippen molar-refractivity contribution in [3.05, 3.63) is 18.2 Å². The van der Waals surface area contributed by atoms with Crippen molar-refractivity contribution in [1.82, 2.24) is 25.9 Å². The molecule has 0 radical (unpaired) electrons. The van der Waals surface area contributed by atoms with Crippen molar-refractivity contribution in [1.29, 1.82) is 0 Å². The van der Waals surface area contributed by atoms with Gasteiger partial charge < -0.3 is 48.3 Å². The first-order chi connectivity index (χ1) is 16.5. The van der Waals surface area contributed by atoms with Gasteiger partial charge in [-0.05, 0) is 18.8 Å². The molecule has 1 rings (SSSR count). The van der Waals surface area contributed by atoms with E-state index in [0.717, 1.165) is 0 Å². The number of hydrogen-bond acceptors (Lipinski definition) is 8. The zero-order valence-electron chi connectivity index (χ0n) is 19.7. The van der Waals surface area contributed by atoms with E-state index in [0.29, 0.717) is 12.1 Å². The largest absolute Gasteiger partial charge is 0.480 e. The number of carboxylic acid groups (broad SMARTS) is 1. The number of aliphatic hydroxyl groups excluding tert-OH is 1. The summed E-state index contributed by atoms with van der Waals surface area (Å²) >= 11 is 0. The molecule has 3 amide bonds. The Morgan fingerprint density at radius 2 is 1.74 bits per heavy atom. The second-order valence-corrected chi connectivity index (χ2v) is 8.21. The number of rotatable bonds is 15. The second kappa shape index (κ2) is 14.5. The van der Waals surface area contributed by atoms with Crippen LogP contribution in [0.5, 0.6) is 0 Å². The summed E-state index contributed by atoms with van der Waals surface area (Å²) in [6.45, 7) is 2.91. The molecular weight excluding hydrogens is 462 g/mol. The van der Waals surface area contributed by atoms with E-state index >= 15 is 0 Å². The van der Waals surface area contributed by atoms with Gasteiger partial charge in [0.2, 0.25) is 17.7 Å². The fraction of sp³-hybridized carbons (Fsp3) is 0.600. The standard InChI is InChI=1S/C20H35N9O6/c1-10(2)15(29-16(31)12(21)8-30)18(33)27-13(4-3-5-25-20(22)23)17(32)28-14(19(34)35)6-11-7-24-9-26-11/h7,9-10,12-15,30H,3-6,8,21H2,1-2H3,(H,24,26)(H,27,33)(H,28,32)(H,29,31)(H,34,35)(H4,22,23,25). The first kappa shape index (κ1) is 29.3. The van der Waals surface area contributed by atoms with E-state index < -0.39 is 54.5 Å². The van der Waals surface area contributed by atoms with Crippen LogP contribution in [0.15, 0.2) is 17.5 Å². The number of aliphatic carboxylic acids is 1. The molecule has 15 nitrogen and oxygen atoms in total. The van der Waals surface area contributed by atoms with E-state index in [9.17, 15) is 24.3 Å². The van der Waals surface area contributed by atoms with Crippen LogP contribution in [0.1, 0.15) is 32.4 Å². The van der Waals surface area contributed by atoms with Crippen LogP contribution in [0.3, 0.4) is 0 Å². The van der Waals surface area contributed by atoms with E-state index in [-0.39, 0.29) is 31.3 Å². The average molecular weight is 498 g/mol. The molecule has 196 valence electrons. The monoisotopic (exact) mass is 497 g/mol. The van der Waals surface area contributed by atoms with Crippen LogP contribution in [0, 0.1) is 5.92 Å². The van der Waals surface area contributed by atoms with Gasteiger partial charge in [0.25, 0.3) is 0 Å². The Kier molecular flexibility index (Phi) is 12.2. The minimum Gasteiger partial charge on any atom is -0.480 e. The van der Waals surface area contributed by atoms with Crippen LogP contribution in [0.25, 0.3) is 0 Å². The first-order valence-electron chi connectivity index (χ1n) is 11.0. The molecule has 12 N–H and O–H groups in total. The third-order valence-electron chi connectivity index (χ3n) is 4.95. The molecule has 1 heterocycles. The number of amides is 3. The van der Waals surface area contributed by atoms with Crippen molar-refractivity contribution in [2.24, 2.45) is 28.1 Å². The number of nitrogens with zero attached hydrogens (tertiary/aromatic N) is 2. The van der Waals surface area contributed by atoms with E-state index in [1.165, 1.54) is 12.5 Å². The number of hydrogen-bond donors (Lipinski definition) is 9. The lowest BCUT2D eigenvalue weighted by Crippen LogP contribution is -2.58. The topological polar surface area (TPSA) is 264 Å². The number of guanidine groups is 1. The zero-order valence-corrected chi connectivity index (χ0v) is 19.7. The molecule has 0 aliphatic rings. The third-order valence-corrected chi connectivity index (χ3v) is 4.95. The molecule has 0 spiro atoms. The Morgan fingerprint density at radius 1 is 1.09 bits per heavy atom. The average Bonchev–Trinajstić information content (AvgIpc) is 3.30. The molecule has 0 aromatic carbocycles. The van der Waals surface area contributed by atoms with Crippen LogP contribution < -0.4 is 33.2 Å². The van der Waals surface area contributed by atoms with Gasteiger partial charge in [-0.15, -0.1) is 0 Å². The van der Waals surface area contributed by atoms with Crippen LogP contribution in [-0.4, -0.2) is 87.2 Å². The zero-order chi connectivity index (χ0) is 26.5. The molecule has 4 atom stereocenters.